The Kier molecular flexibility index (Phi) is 12.7. The van der Waals surface area contributed by atoms with E-state index in [1.54, 1.807) is 0 Å². The molecule has 130 valence electrons. The minimum atomic E-state index is -0.826. The number of rotatable bonds is 6. The van der Waals surface area contributed by atoms with E-state index in [2.05, 4.69) is 67.6 Å². The zero-order valence-electron chi connectivity index (χ0n) is 14.6. The summed E-state index contributed by atoms with van der Waals surface area (Å²) in [6, 6.07) is 22.1. The predicted molar refractivity (Wildman–Crippen MR) is 105 cm³/mol. The minimum absolute atomic E-state index is 0. The van der Waals surface area contributed by atoms with Crippen LogP contribution in [-0.4, -0.2) is 0 Å². The van der Waals surface area contributed by atoms with Crippen LogP contribution in [0.1, 0.15) is 38.2 Å². The normalized spacial score (nSPS) is 9.88. The maximum absolute atomic E-state index is 4.93. The molecule has 0 atom stereocenters. The Hall–Kier alpha value is 0.396. The Labute approximate surface area is 189 Å². The summed E-state index contributed by atoms with van der Waals surface area (Å²) >= 11 is -0.826. The molecule has 0 radical (unpaired) electrons. The summed E-state index contributed by atoms with van der Waals surface area (Å²) in [6.07, 6.45) is 6.54. The molecule has 0 heterocycles. The first-order valence-electron chi connectivity index (χ1n) is 8.50. The molecule has 0 saturated carbocycles. The Morgan fingerprint density at radius 1 is 0.920 bits per heavy atom. The van der Waals surface area contributed by atoms with E-state index in [0.29, 0.717) is 0 Å². The van der Waals surface area contributed by atoms with Crippen LogP contribution in [0.25, 0.3) is 21.9 Å². The van der Waals surface area contributed by atoms with Crippen LogP contribution in [0.4, 0.5) is 0 Å². The van der Waals surface area contributed by atoms with Crippen LogP contribution in [0.15, 0.2) is 60.7 Å². The fourth-order valence-electron chi connectivity index (χ4n) is 3.07. The van der Waals surface area contributed by atoms with Gasteiger partial charge in [0.15, 0.2) is 0 Å². The van der Waals surface area contributed by atoms with Gasteiger partial charge in [-0.2, -0.15) is 6.07 Å². The summed E-state index contributed by atoms with van der Waals surface area (Å²) < 4.78 is 0. The van der Waals surface area contributed by atoms with E-state index in [-0.39, 0.29) is 26.2 Å². The van der Waals surface area contributed by atoms with Gasteiger partial charge in [0.05, 0.1) is 0 Å². The summed E-state index contributed by atoms with van der Waals surface area (Å²) in [5, 5.41) is 2.77. The minimum Gasteiger partial charge on any atom is 0 e. The number of benzene rings is 2. The number of aryl methyl sites for hydroxylation is 1. The van der Waals surface area contributed by atoms with E-state index in [9.17, 15) is 0 Å². The molecule has 0 unspecified atom stereocenters. The number of fused-ring (bicyclic) bond motifs is 1. The number of hydrogen-bond acceptors (Lipinski definition) is 0. The van der Waals surface area contributed by atoms with Gasteiger partial charge in [-0.25, -0.2) is 0 Å². The maximum Gasteiger partial charge on any atom is 0 e. The van der Waals surface area contributed by atoms with Gasteiger partial charge in [-0.3, -0.25) is 0 Å². The van der Waals surface area contributed by atoms with E-state index in [0.717, 1.165) is 0 Å². The van der Waals surface area contributed by atoms with Gasteiger partial charge in [0.2, 0.25) is 0 Å². The Bertz CT molecular complexity index is 723. The van der Waals surface area contributed by atoms with Gasteiger partial charge in [-0.1, -0.05) is 74.6 Å². The predicted octanol–water partition coefficient (Wildman–Crippen LogP) is 7.72. The summed E-state index contributed by atoms with van der Waals surface area (Å²) in [6.45, 7) is 2.27. The van der Waals surface area contributed by atoms with Crippen molar-refractivity contribution in [3.05, 3.63) is 66.2 Å². The van der Waals surface area contributed by atoms with Gasteiger partial charge in [0, 0.05) is 26.2 Å². The molecule has 0 aromatic heterocycles. The first-order chi connectivity index (χ1) is 11.8. The first-order valence-corrected chi connectivity index (χ1v) is 14.8. The molecule has 0 N–H and O–H groups in total. The third kappa shape index (κ3) is 7.50. The third-order valence-electron chi connectivity index (χ3n) is 4.21. The van der Waals surface area contributed by atoms with E-state index in [1.807, 2.05) is 0 Å². The van der Waals surface area contributed by atoms with Crippen molar-refractivity contribution in [2.75, 3.05) is 0 Å². The molecule has 25 heavy (non-hydrogen) atoms. The largest absolute Gasteiger partial charge is 0 e. The SMILES string of the molecule is CCCCCCc1cc2c(-c3ccccc3)cccc2[cH-]1.[Cl][Zr][Cl].[Zr]. The molecule has 0 nitrogen and oxygen atoms in total. The number of hydrogen-bond donors (Lipinski definition) is 0. The molecule has 0 aliphatic rings. The quantitative estimate of drug-likeness (QED) is 0.227. The van der Waals surface area contributed by atoms with Crippen molar-refractivity contribution in [3.63, 3.8) is 0 Å². The van der Waals surface area contributed by atoms with Crippen molar-refractivity contribution in [3.8, 4) is 11.1 Å². The van der Waals surface area contributed by atoms with Crippen molar-refractivity contribution in [2.45, 2.75) is 39.0 Å². The van der Waals surface area contributed by atoms with Crippen LogP contribution in [-0.2, 0) is 53.5 Å². The second-order valence-corrected chi connectivity index (χ2v) is 9.65. The molecule has 3 aromatic rings. The molecule has 0 amide bonds. The summed E-state index contributed by atoms with van der Waals surface area (Å²) in [5.41, 5.74) is 4.16. The standard InChI is InChI=1S/C21H23.2ClH.2Zr/c1-2-3-4-6-10-17-15-19-13-9-14-20(21(19)16-17)18-11-7-5-8-12-18;;;;/h5,7-9,11-16H,2-4,6,10H2,1H3;2*1H;;/q-1;;;;+2/p-2. The molecule has 3 aromatic carbocycles. The molecule has 0 saturated heterocycles. The first kappa shape index (κ1) is 23.4. The second-order valence-electron chi connectivity index (χ2n) is 5.92. The van der Waals surface area contributed by atoms with E-state index in [4.69, 9.17) is 17.0 Å². The molecular weight excluding hydrogens is 506 g/mol. The van der Waals surface area contributed by atoms with Crippen LogP contribution in [0.3, 0.4) is 0 Å². The Morgan fingerprint density at radius 2 is 1.64 bits per heavy atom. The molecule has 3 rings (SSSR count). The van der Waals surface area contributed by atoms with Crippen LogP contribution in [0.5, 0.6) is 0 Å². The van der Waals surface area contributed by atoms with Crippen LogP contribution < -0.4 is 0 Å². The van der Waals surface area contributed by atoms with E-state index < -0.39 is 20.8 Å². The molecule has 0 spiro atoms. The average molecular weight is 529 g/mol. The van der Waals surface area contributed by atoms with Gasteiger partial charge >= 0.3 is 37.9 Å². The number of unbranched alkanes of at least 4 members (excludes halogenated alkanes) is 3. The fourth-order valence-corrected chi connectivity index (χ4v) is 3.07. The topological polar surface area (TPSA) is 0 Å². The summed E-state index contributed by atoms with van der Waals surface area (Å²) in [5.74, 6) is 0. The van der Waals surface area contributed by atoms with Gasteiger partial charge in [0.1, 0.15) is 0 Å². The molecule has 0 bridgehead atoms. The van der Waals surface area contributed by atoms with E-state index in [1.165, 1.54) is 59.6 Å². The molecule has 0 aliphatic carbocycles. The zero-order chi connectivity index (χ0) is 17.2. The fraction of sp³-hybridized carbons (Fsp3) is 0.286. The second kappa shape index (κ2) is 13.5. The Balaban J connectivity index is 0.000000730. The zero-order valence-corrected chi connectivity index (χ0v) is 21.0. The van der Waals surface area contributed by atoms with Crippen LogP contribution >= 0.6 is 17.0 Å². The van der Waals surface area contributed by atoms with Crippen molar-refractivity contribution < 1.29 is 47.1 Å². The maximum atomic E-state index is 4.93. The van der Waals surface area contributed by atoms with Crippen LogP contribution in [0, 0.1) is 0 Å². The smallest absolute Gasteiger partial charge is 0 e. The molecule has 0 aliphatic heterocycles. The van der Waals surface area contributed by atoms with Gasteiger partial charge < -0.3 is 0 Å². The summed E-state index contributed by atoms with van der Waals surface area (Å²) in [4.78, 5) is 0. The van der Waals surface area contributed by atoms with Gasteiger partial charge in [-0.15, -0.1) is 34.5 Å². The van der Waals surface area contributed by atoms with Gasteiger partial charge in [0.25, 0.3) is 0 Å². The van der Waals surface area contributed by atoms with Crippen molar-refractivity contribution in [1.29, 1.82) is 0 Å². The molecule has 4 heteroatoms. The monoisotopic (exact) mass is 525 g/mol. The third-order valence-corrected chi connectivity index (χ3v) is 4.21. The average Bonchev–Trinajstić information content (AvgIpc) is 3.03. The molecular formula is C21H23Cl2Zr2-. The van der Waals surface area contributed by atoms with Crippen molar-refractivity contribution >= 4 is 27.8 Å². The Morgan fingerprint density at radius 3 is 2.32 bits per heavy atom. The van der Waals surface area contributed by atoms with Crippen molar-refractivity contribution in [1.82, 2.24) is 0 Å². The van der Waals surface area contributed by atoms with Crippen LogP contribution in [0.2, 0.25) is 0 Å². The number of halogens is 2. The van der Waals surface area contributed by atoms with Crippen molar-refractivity contribution in [2.24, 2.45) is 0 Å². The van der Waals surface area contributed by atoms with Gasteiger partial charge in [-0.05, 0) is 12.0 Å². The summed E-state index contributed by atoms with van der Waals surface area (Å²) in [7, 11) is 9.87. The van der Waals surface area contributed by atoms with E-state index >= 15 is 0 Å². The molecule has 0 fully saturated rings.